The molecule has 5 nitrogen and oxygen atoms in total. The summed E-state index contributed by atoms with van der Waals surface area (Å²) >= 11 is 5.29. The molecule has 0 radical (unpaired) electrons. The van der Waals surface area contributed by atoms with Gasteiger partial charge in [0.1, 0.15) is 0 Å². The smallest absolute Gasteiger partial charge is 0.238 e. The average molecular weight is 325 g/mol. The average Bonchev–Trinajstić information content (AvgIpc) is 2.77. The monoisotopic (exact) mass is 325 g/mol. The molecule has 0 aliphatic heterocycles. The van der Waals surface area contributed by atoms with E-state index in [4.69, 9.17) is 17.4 Å². The van der Waals surface area contributed by atoms with Gasteiger partial charge < -0.3 is 9.55 Å². The molecular weight excluding hydrogens is 306 g/mol. The quantitative estimate of drug-likeness (QED) is 0.829. The molecule has 2 rings (SSSR count). The van der Waals surface area contributed by atoms with Gasteiger partial charge in [-0.05, 0) is 42.3 Å². The van der Waals surface area contributed by atoms with Gasteiger partial charge in [0.05, 0.1) is 4.90 Å². The number of primary sulfonamides is 1. The zero-order valence-electron chi connectivity index (χ0n) is 12.0. The van der Waals surface area contributed by atoms with Crippen molar-refractivity contribution in [3.05, 3.63) is 46.5 Å². The Hall–Kier alpha value is -1.44. The highest BCUT2D eigenvalue weighted by Gasteiger charge is 2.09. The fraction of sp³-hybridized carbons (Fsp3) is 0.357. The van der Waals surface area contributed by atoms with Gasteiger partial charge in [0, 0.05) is 18.4 Å². The van der Waals surface area contributed by atoms with Gasteiger partial charge in [0.2, 0.25) is 10.0 Å². The zero-order valence-corrected chi connectivity index (χ0v) is 13.7. The Morgan fingerprint density at radius 2 is 1.90 bits per heavy atom. The van der Waals surface area contributed by atoms with Crippen LogP contribution in [0.25, 0.3) is 0 Å². The molecule has 0 unspecified atom stereocenters. The molecule has 0 fully saturated rings. The molecule has 0 amide bonds. The number of H-pyrrole nitrogens is 1. The summed E-state index contributed by atoms with van der Waals surface area (Å²) < 4.78 is 25.2. The van der Waals surface area contributed by atoms with Crippen LogP contribution in [-0.2, 0) is 23.0 Å². The SMILES string of the molecule is CC(C)c1c[nH]c(=S)n1CCc1ccc(S(N)(=O)=O)cc1. The second-order valence-corrected chi connectivity index (χ2v) is 7.21. The van der Waals surface area contributed by atoms with E-state index in [0.29, 0.717) is 10.7 Å². The fourth-order valence-corrected chi connectivity index (χ4v) is 2.98. The Bertz CT molecular complexity index is 771. The van der Waals surface area contributed by atoms with Crippen LogP contribution in [0, 0.1) is 4.77 Å². The Morgan fingerprint density at radius 1 is 1.29 bits per heavy atom. The van der Waals surface area contributed by atoms with Crippen LogP contribution in [0.1, 0.15) is 31.0 Å². The van der Waals surface area contributed by atoms with Gasteiger partial charge >= 0.3 is 0 Å². The number of imidazole rings is 1. The predicted molar refractivity (Wildman–Crippen MR) is 85.2 cm³/mol. The molecule has 1 aromatic carbocycles. The van der Waals surface area contributed by atoms with Crippen LogP contribution >= 0.6 is 12.2 Å². The van der Waals surface area contributed by atoms with Crippen molar-refractivity contribution < 1.29 is 8.42 Å². The number of hydrogen-bond acceptors (Lipinski definition) is 3. The van der Waals surface area contributed by atoms with Gasteiger partial charge in [0.15, 0.2) is 4.77 Å². The van der Waals surface area contributed by atoms with Crippen LogP contribution in [0.3, 0.4) is 0 Å². The molecule has 0 atom stereocenters. The third kappa shape index (κ3) is 3.81. The normalized spacial score (nSPS) is 12.0. The van der Waals surface area contributed by atoms with Crippen molar-refractivity contribution in [1.82, 2.24) is 9.55 Å². The van der Waals surface area contributed by atoms with Crippen molar-refractivity contribution >= 4 is 22.2 Å². The van der Waals surface area contributed by atoms with Crippen molar-refractivity contribution in [3.8, 4) is 0 Å². The lowest BCUT2D eigenvalue weighted by Crippen LogP contribution is -2.12. The first kappa shape index (κ1) is 15.9. The fourth-order valence-electron chi connectivity index (χ4n) is 2.20. The van der Waals surface area contributed by atoms with Gasteiger partial charge in [-0.3, -0.25) is 0 Å². The minimum Gasteiger partial charge on any atom is -0.337 e. The topological polar surface area (TPSA) is 80.9 Å². The minimum absolute atomic E-state index is 0.132. The second kappa shape index (κ2) is 6.13. The van der Waals surface area contributed by atoms with Crippen molar-refractivity contribution in [2.24, 2.45) is 5.14 Å². The van der Waals surface area contributed by atoms with Crippen LogP contribution in [-0.4, -0.2) is 18.0 Å². The summed E-state index contributed by atoms with van der Waals surface area (Å²) in [4.78, 5) is 3.20. The highest BCUT2D eigenvalue weighted by atomic mass is 32.2. The van der Waals surface area contributed by atoms with E-state index < -0.39 is 10.0 Å². The molecule has 7 heteroatoms. The molecule has 3 N–H and O–H groups in total. The lowest BCUT2D eigenvalue weighted by atomic mass is 10.1. The summed E-state index contributed by atoms with van der Waals surface area (Å²) in [7, 11) is -3.63. The number of hydrogen-bond donors (Lipinski definition) is 2. The lowest BCUT2D eigenvalue weighted by Gasteiger charge is -2.11. The van der Waals surface area contributed by atoms with Gasteiger partial charge in [-0.1, -0.05) is 26.0 Å². The Balaban J connectivity index is 2.14. The third-order valence-electron chi connectivity index (χ3n) is 3.37. The maximum Gasteiger partial charge on any atom is 0.238 e. The first-order chi connectivity index (χ1) is 9.79. The van der Waals surface area contributed by atoms with Crippen LogP contribution < -0.4 is 5.14 Å². The molecule has 1 aromatic heterocycles. The number of sulfonamides is 1. The van der Waals surface area contributed by atoms with E-state index in [1.165, 1.54) is 17.8 Å². The summed E-state index contributed by atoms with van der Waals surface area (Å²) in [5.74, 6) is 0.391. The maximum atomic E-state index is 11.2. The Morgan fingerprint density at radius 3 is 2.43 bits per heavy atom. The summed E-state index contributed by atoms with van der Waals surface area (Å²) in [5.41, 5.74) is 2.21. The Labute approximate surface area is 129 Å². The van der Waals surface area contributed by atoms with Crippen LogP contribution in [0.4, 0.5) is 0 Å². The van der Waals surface area contributed by atoms with Crippen molar-refractivity contribution in [2.45, 2.75) is 37.6 Å². The first-order valence-corrected chi connectivity index (χ1v) is 8.64. The highest BCUT2D eigenvalue weighted by molar-refractivity contribution is 7.89. The number of nitrogens with zero attached hydrogens (tertiary/aromatic N) is 1. The molecule has 114 valence electrons. The summed E-state index contributed by atoms with van der Waals surface area (Å²) in [6.07, 6.45) is 2.72. The van der Waals surface area contributed by atoms with Crippen LogP contribution in [0.15, 0.2) is 35.4 Å². The van der Waals surface area contributed by atoms with E-state index >= 15 is 0 Å². The molecule has 1 heterocycles. The molecule has 0 spiro atoms. The number of benzene rings is 1. The van der Waals surface area contributed by atoms with Crippen molar-refractivity contribution in [1.29, 1.82) is 0 Å². The molecule has 2 aromatic rings. The summed E-state index contributed by atoms with van der Waals surface area (Å²) in [5, 5.41) is 5.08. The van der Waals surface area contributed by atoms with Crippen molar-refractivity contribution in [2.75, 3.05) is 0 Å². The molecule has 0 aliphatic carbocycles. The maximum absolute atomic E-state index is 11.2. The van der Waals surface area contributed by atoms with E-state index in [2.05, 4.69) is 23.4 Å². The van der Waals surface area contributed by atoms with E-state index in [1.54, 1.807) is 12.1 Å². The van der Waals surface area contributed by atoms with Crippen molar-refractivity contribution in [3.63, 3.8) is 0 Å². The number of aryl methyl sites for hydroxylation is 1. The lowest BCUT2D eigenvalue weighted by molar-refractivity contribution is 0.597. The number of nitrogens with two attached hydrogens (primary N) is 1. The molecule has 0 bridgehead atoms. The van der Waals surface area contributed by atoms with Gasteiger partial charge in [-0.25, -0.2) is 13.6 Å². The number of nitrogens with one attached hydrogen (secondary N) is 1. The first-order valence-electron chi connectivity index (χ1n) is 6.69. The number of aromatic amines is 1. The summed E-state index contributed by atoms with van der Waals surface area (Å²) in [6, 6.07) is 6.63. The van der Waals surface area contributed by atoms with E-state index in [1.807, 2.05) is 6.20 Å². The second-order valence-electron chi connectivity index (χ2n) is 5.26. The molecular formula is C14H19N3O2S2. The molecule has 0 saturated carbocycles. The third-order valence-corrected chi connectivity index (χ3v) is 4.64. The van der Waals surface area contributed by atoms with Gasteiger partial charge in [-0.15, -0.1) is 0 Å². The standard InChI is InChI=1S/C14H19N3O2S2/c1-10(2)13-9-16-14(20)17(13)8-7-11-3-5-12(6-4-11)21(15,18)19/h3-6,9-10H,7-8H2,1-2H3,(H,16,20)(H2,15,18,19). The summed E-state index contributed by atoms with van der Waals surface area (Å²) in [6.45, 7) is 5.00. The van der Waals surface area contributed by atoms with E-state index in [0.717, 1.165) is 18.5 Å². The number of rotatable bonds is 5. The molecule has 0 aliphatic rings. The zero-order chi connectivity index (χ0) is 15.6. The van der Waals surface area contributed by atoms with Crippen LogP contribution in [0.2, 0.25) is 0 Å². The van der Waals surface area contributed by atoms with E-state index in [9.17, 15) is 8.42 Å². The molecule has 0 saturated heterocycles. The Kier molecular flexibility index (Phi) is 4.65. The van der Waals surface area contributed by atoms with Crippen LogP contribution in [0.5, 0.6) is 0 Å². The largest absolute Gasteiger partial charge is 0.337 e. The van der Waals surface area contributed by atoms with Gasteiger partial charge in [-0.2, -0.15) is 0 Å². The predicted octanol–water partition coefficient (Wildman–Crippen LogP) is 2.56. The number of aromatic nitrogens is 2. The minimum atomic E-state index is -3.63. The highest BCUT2D eigenvalue weighted by Crippen LogP contribution is 2.16. The molecule has 21 heavy (non-hydrogen) atoms. The van der Waals surface area contributed by atoms with Gasteiger partial charge in [0.25, 0.3) is 0 Å². The van der Waals surface area contributed by atoms with E-state index in [-0.39, 0.29) is 4.90 Å².